The lowest BCUT2D eigenvalue weighted by atomic mass is 10.0. The van der Waals surface area contributed by atoms with Crippen molar-refractivity contribution in [1.82, 2.24) is 20.9 Å². The summed E-state index contributed by atoms with van der Waals surface area (Å²) in [7, 11) is 1.35. The highest BCUT2D eigenvalue weighted by atomic mass is 17.2. The fourth-order valence-electron chi connectivity index (χ4n) is 4.85. The Morgan fingerprint density at radius 1 is 0.800 bits per heavy atom. The third-order valence-corrected chi connectivity index (χ3v) is 7.67. The lowest BCUT2D eigenvalue weighted by Gasteiger charge is -2.24. The number of methoxy groups -OCH3 is 1. The molecule has 0 saturated heterocycles. The van der Waals surface area contributed by atoms with Crippen molar-refractivity contribution < 1.29 is 33.6 Å². The molecule has 3 unspecified atom stereocenters. The number of hydrogen-bond donors (Lipinski definition) is 3. The number of rotatable bonds is 27. The first-order valence-electron chi connectivity index (χ1n) is 17.2. The molecule has 3 N–H and O–H groups in total. The summed E-state index contributed by atoms with van der Waals surface area (Å²) >= 11 is 0. The molecule has 0 aliphatic carbocycles. The van der Waals surface area contributed by atoms with Crippen LogP contribution in [0.2, 0.25) is 0 Å². The van der Waals surface area contributed by atoms with Crippen LogP contribution in [0.5, 0.6) is 0 Å². The van der Waals surface area contributed by atoms with E-state index in [1.807, 2.05) is 19.9 Å². The zero-order chi connectivity index (χ0) is 33.0. The molecule has 45 heavy (non-hydrogen) atoms. The minimum atomic E-state index is -1.35. The maximum Gasteiger partial charge on any atom is 0.438 e. The van der Waals surface area contributed by atoms with Crippen molar-refractivity contribution in [2.75, 3.05) is 20.3 Å². The van der Waals surface area contributed by atoms with Gasteiger partial charge in [0.05, 0.1) is 12.2 Å². The van der Waals surface area contributed by atoms with E-state index in [-0.39, 0.29) is 19.2 Å². The van der Waals surface area contributed by atoms with E-state index in [4.69, 9.17) is 19.2 Å². The van der Waals surface area contributed by atoms with E-state index in [2.05, 4.69) is 27.9 Å². The molecule has 258 valence electrons. The lowest BCUT2D eigenvalue weighted by molar-refractivity contribution is -0.286. The Morgan fingerprint density at radius 2 is 1.44 bits per heavy atom. The van der Waals surface area contributed by atoms with Gasteiger partial charge in [0.25, 0.3) is 5.91 Å². The normalized spacial score (nSPS) is 13.0. The Morgan fingerprint density at radius 3 is 2.00 bits per heavy atom. The number of carbonyl (C=O) groups excluding carboxylic acids is 3. The van der Waals surface area contributed by atoms with Crippen LogP contribution in [-0.4, -0.2) is 61.6 Å². The van der Waals surface area contributed by atoms with Crippen LogP contribution in [0.15, 0.2) is 24.4 Å². The van der Waals surface area contributed by atoms with Gasteiger partial charge in [-0.3, -0.25) is 14.7 Å². The van der Waals surface area contributed by atoms with Gasteiger partial charge in [-0.05, 0) is 31.4 Å². The zero-order valence-electron chi connectivity index (χ0n) is 28.3. The van der Waals surface area contributed by atoms with Crippen LogP contribution in [0, 0.1) is 0 Å². The van der Waals surface area contributed by atoms with Crippen LogP contribution in [0.3, 0.4) is 0 Å². The Labute approximate surface area is 271 Å². The number of nitrogens with zero attached hydrogens (tertiary/aromatic N) is 1. The molecule has 3 amide bonds. The second kappa shape index (κ2) is 27.4. The van der Waals surface area contributed by atoms with E-state index < -0.39 is 30.3 Å². The highest BCUT2D eigenvalue weighted by Gasteiger charge is 2.33. The predicted molar refractivity (Wildman–Crippen MR) is 175 cm³/mol. The highest BCUT2D eigenvalue weighted by Crippen LogP contribution is 2.14. The summed E-state index contributed by atoms with van der Waals surface area (Å²) in [6, 6.07) is 5.29. The molecule has 11 heteroatoms. The van der Waals surface area contributed by atoms with Gasteiger partial charge >= 0.3 is 12.2 Å². The summed E-state index contributed by atoms with van der Waals surface area (Å²) in [6.45, 7) is 6.43. The molecule has 11 nitrogen and oxygen atoms in total. The van der Waals surface area contributed by atoms with Crippen molar-refractivity contribution in [2.24, 2.45) is 0 Å². The van der Waals surface area contributed by atoms with Crippen LogP contribution in [0.25, 0.3) is 0 Å². The van der Waals surface area contributed by atoms with Crippen molar-refractivity contribution in [2.45, 2.75) is 148 Å². The first kappa shape index (κ1) is 40.1. The van der Waals surface area contributed by atoms with Gasteiger partial charge < -0.3 is 25.4 Å². The number of hydrogen-bond acceptors (Lipinski definition) is 8. The molecule has 0 fully saturated rings. The summed E-state index contributed by atoms with van der Waals surface area (Å²) in [6.07, 6.45) is 16.8. The topological polar surface area (TPSA) is 137 Å². The number of amides is 3. The largest absolute Gasteiger partial charge is 0.447 e. The van der Waals surface area contributed by atoms with E-state index >= 15 is 0 Å². The molecular weight excluding hydrogens is 576 g/mol. The van der Waals surface area contributed by atoms with Crippen LogP contribution in [0.4, 0.5) is 9.59 Å². The third-order valence-electron chi connectivity index (χ3n) is 7.67. The average Bonchev–Trinajstić information content (AvgIpc) is 3.06. The summed E-state index contributed by atoms with van der Waals surface area (Å²) in [4.78, 5) is 52.0. The third kappa shape index (κ3) is 20.7. The number of nitrogens with one attached hydrogen (secondary N) is 3. The maximum absolute atomic E-state index is 12.8. The quantitative estimate of drug-likeness (QED) is 0.0527. The Kier molecular flexibility index (Phi) is 24.4. The maximum atomic E-state index is 12.8. The standard InChI is InChI=1S/C34H60N4O7/c1-5-8-9-10-11-12-13-14-15-16-17-18-19-22-28(7-3)38-34(41)45-44-31(32(39)36-24-6-2)30(42-4)27-43-33(40)37-26-29-23-20-21-25-35-29/h20-21,23,25,28,30-31H,5-19,22,24,26-27H2,1-4H3,(H,36,39)(H,37,40)(H,38,41). The van der Waals surface area contributed by atoms with Gasteiger partial charge in [0.15, 0.2) is 0 Å². The second-order valence-electron chi connectivity index (χ2n) is 11.5. The molecule has 0 saturated carbocycles. The Hall–Kier alpha value is -2.92. The SMILES string of the molecule is CCCCCCCCCCCCCCCC(CC)NC(=O)OOC(C(=O)NCCC)C(COC(=O)NCc1ccccn1)OC. The predicted octanol–water partition coefficient (Wildman–Crippen LogP) is 7.14. The summed E-state index contributed by atoms with van der Waals surface area (Å²) in [5.74, 6) is -0.548. The van der Waals surface area contributed by atoms with E-state index in [1.54, 1.807) is 18.3 Å². The van der Waals surface area contributed by atoms with Gasteiger partial charge in [-0.2, -0.15) is 4.89 Å². The van der Waals surface area contributed by atoms with Crippen molar-refractivity contribution in [3.63, 3.8) is 0 Å². The van der Waals surface area contributed by atoms with Crippen molar-refractivity contribution in [3.05, 3.63) is 30.1 Å². The molecule has 1 heterocycles. The van der Waals surface area contributed by atoms with Gasteiger partial charge in [0.2, 0.25) is 6.10 Å². The van der Waals surface area contributed by atoms with Gasteiger partial charge in [-0.15, -0.1) is 0 Å². The van der Waals surface area contributed by atoms with Gasteiger partial charge in [0.1, 0.15) is 12.7 Å². The number of carbonyl (C=O) groups is 3. The van der Waals surface area contributed by atoms with Gasteiger partial charge in [-0.25, -0.2) is 9.59 Å². The molecule has 0 spiro atoms. The van der Waals surface area contributed by atoms with Crippen LogP contribution in [-0.2, 0) is 30.6 Å². The van der Waals surface area contributed by atoms with E-state index in [1.165, 1.54) is 77.7 Å². The van der Waals surface area contributed by atoms with Crippen LogP contribution >= 0.6 is 0 Å². The minimum absolute atomic E-state index is 0.0643. The lowest BCUT2D eigenvalue weighted by Crippen LogP contribution is -2.48. The summed E-state index contributed by atoms with van der Waals surface area (Å²) < 4.78 is 10.6. The fourth-order valence-corrected chi connectivity index (χ4v) is 4.85. The fraction of sp³-hybridized carbons (Fsp3) is 0.765. The molecule has 0 aliphatic heterocycles. The molecule has 1 rings (SSSR count). The van der Waals surface area contributed by atoms with Crippen molar-refractivity contribution >= 4 is 18.1 Å². The zero-order valence-corrected chi connectivity index (χ0v) is 28.3. The highest BCUT2D eigenvalue weighted by molar-refractivity contribution is 5.81. The van der Waals surface area contributed by atoms with Crippen molar-refractivity contribution in [1.29, 1.82) is 0 Å². The minimum Gasteiger partial charge on any atom is -0.447 e. The average molecular weight is 637 g/mol. The first-order chi connectivity index (χ1) is 21.9. The number of pyridine rings is 1. The first-order valence-corrected chi connectivity index (χ1v) is 17.2. The second-order valence-corrected chi connectivity index (χ2v) is 11.5. The van der Waals surface area contributed by atoms with Crippen LogP contribution < -0.4 is 16.0 Å². The number of unbranched alkanes of at least 4 members (excludes halogenated alkanes) is 12. The van der Waals surface area contributed by atoms with Crippen LogP contribution in [0.1, 0.15) is 129 Å². The van der Waals surface area contributed by atoms with Gasteiger partial charge in [-0.1, -0.05) is 110 Å². The summed E-state index contributed by atoms with van der Waals surface area (Å²) in [5.41, 5.74) is 0.664. The Bertz CT molecular complexity index is 891. The molecule has 0 bridgehead atoms. The Balaban J connectivity index is 2.38. The molecule has 3 atom stereocenters. The number of ether oxygens (including phenoxy) is 2. The molecule has 1 aromatic rings. The molecule has 0 radical (unpaired) electrons. The smallest absolute Gasteiger partial charge is 0.438 e. The monoisotopic (exact) mass is 636 g/mol. The van der Waals surface area contributed by atoms with E-state index in [9.17, 15) is 14.4 Å². The molecular formula is C34H60N4O7. The van der Waals surface area contributed by atoms with E-state index in [0.717, 1.165) is 25.7 Å². The van der Waals surface area contributed by atoms with Gasteiger partial charge in [0, 0.05) is 25.9 Å². The molecule has 0 aromatic carbocycles. The number of alkyl carbamates (subject to hydrolysis) is 1. The van der Waals surface area contributed by atoms with E-state index in [0.29, 0.717) is 18.7 Å². The van der Waals surface area contributed by atoms with Crippen molar-refractivity contribution in [3.8, 4) is 0 Å². The molecule has 0 aliphatic rings. The molecule has 1 aromatic heterocycles. The summed E-state index contributed by atoms with van der Waals surface area (Å²) in [5, 5.41) is 8.12. The number of aromatic nitrogens is 1.